The summed E-state index contributed by atoms with van der Waals surface area (Å²) in [4.78, 5) is 62.8. The van der Waals surface area contributed by atoms with Gasteiger partial charge < -0.3 is 19.9 Å². The lowest BCUT2D eigenvalue weighted by Gasteiger charge is -2.58. The zero-order chi connectivity index (χ0) is 31.0. The number of hydrogen-bond acceptors (Lipinski definition) is 8. The number of amides is 1. The molecule has 2 N–H and O–H groups in total. The number of hydrogen-bond donors (Lipinski definition) is 2. The summed E-state index contributed by atoms with van der Waals surface area (Å²) in [5, 5.41) is 14.4. The molecule has 4 aliphatic rings. The molecular weight excluding hydrogens is 550 g/mol. The van der Waals surface area contributed by atoms with Gasteiger partial charge in [0.15, 0.2) is 18.4 Å². The Balaban J connectivity index is 1.16. The number of aliphatic hydroxyl groups is 1. The Morgan fingerprint density at radius 3 is 2.42 bits per heavy atom. The third-order valence-corrected chi connectivity index (χ3v) is 11.4. The second-order valence-electron chi connectivity index (χ2n) is 13.3. The zero-order valence-corrected chi connectivity index (χ0v) is 25.4. The van der Waals surface area contributed by atoms with Gasteiger partial charge in [-0.05, 0) is 79.8 Å². The molecule has 7 atom stereocenters. The number of methoxy groups -OCH3 is 1. The molecule has 5 rings (SSSR count). The minimum Gasteiger partial charge on any atom is -0.467 e. The highest BCUT2D eigenvalue weighted by Crippen LogP contribution is 2.67. The molecule has 0 bridgehead atoms. The predicted octanol–water partition coefficient (Wildman–Crippen LogP) is 4.17. The number of nitrogens with one attached hydrogen (secondary N) is 1. The molecule has 0 radical (unpaired) electrons. The highest BCUT2D eigenvalue weighted by Gasteiger charge is 2.66. The molecule has 3 saturated carbocycles. The van der Waals surface area contributed by atoms with Crippen molar-refractivity contribution in [3.63, 3.8) is 0 Å². The molecule has 9 heteroatoms. The van der Waals surface area contributed by atoms with E-state index in [9.17, 15) is 29.1 Å². The van der Waals surface area contributed by atoms with E-state index in [0.29, 0.717) is 36.7 Å². The van der Waals surface area contributed by atoms with Crippen LogP contribution in [-0.2, 0) is 33.4 Å². The van der Waals surface area contributed by atoms with Crippen molar-refractivity contribution >= 4 is 29.4 Å². The first-order valence-corrected chi connectivity index (χ1v) is 15.5. The number of Topliss-reactive ketones (excluding diaryl/α,β-unsaturated/α-hetero) is 1. The van der Waals surface area contributed by atoms with E-state index in [1.807, 2.05) is 13.0 Å². The maximum absolute atomic E-state index is 13.5. The van der Waals surface area contributed by atoms with Crippen LogP contribution in [0.4, 0.5) is 0 Å². The molecule has 1 amide bonds. The summed E-state index contributed by atoms with van der Waals surface area (Å²) in [5.41, 5.74) is -0.361. The number of ether oxygens (including phenoxy) is 2. The first-order valence-electron chi connectivity index (χ1n) is 15.5. The topological polar surface area (TPSA) is 136 Å². The van der Waals surface area contributed by atoms with Crippen molar-refractivity contribution in [1.29, 1.82) is 0 Å². The average Bonchev–Trinajstić information content (AvgIpc) is 3.29. The molecule has 3 fully saturated rings. The molecule has 1 aromatic rings. The van der Waals surface area contributed by atoms with Gasteiger partial charge in [-0.15, -0.1) is 0 Å². The van der Waals surface area contributed by atoms with Crippen molar-refractivity contribution in [2.24, 2.45) is 28.6 Å². The van der Waals surface area contributed by atoms with Gasteiger partial charge >= 0.3 is 11.9 Å². The Hall–Kier alpha value is -3.33. The van der Waals surface area contributed by atoms with Crippen molar-refractivity contribution in [1.82, 2.24) is 5.32 Å². The summed E-state index contributed by atoms with van der Waals surface area (Å²) in [5.74, 6) is -1.17. The quantitative estimate of drug-likeness (QED) is 0.407. The van der Waals surface area contributed by atoms with Crippen LogP contribution >= 0.6 is 0 Å². The largest absolute Gasteiger partial charge is 0.467 e. The summed E-state index contributed by atoms with van der Waals surface area (Å²) >= 11 is 0. The van der Waals surface area contributed by atoms with Crippen LogP contribution in [0.3, 0.4) is 0 Å². The fourth-order valence-electron chi connectivity index (χ4n) is 8.86. The Bertz CT molecular complexity index is 1320. The van der Waals surface area contributed by atoms with Crippen molar-refractivity contribution in [2.45, 2.75) is 89.7 Å². The smallest absolute Gasteiger partial charge is 0.333 e. The number of ketones is 2. The lowest BCUT2D eigenvalue weighted by atomic mass is 9.46. The molecule has 0 heterocycles. The SMILES string of the molecule is COC(=O)[C@H](NC(=O)CCC(=O)OCC(=O)[C@@]1(O)CC[C@@H]2[C@@H]3CCC4=CC(=O)CC[C@]4(C)[C@H]3CC[C@@]21C)c1ccccc1. The van der Waals surface area contributed by atoms with Gasteiger partial charge in [-0.25, -0.2) is 4.79 Å². The van der Waals surface area contributed by atoms with Gasteiger partial charge in [0.05, 0.1) is 13.5 Å². The van der Waals surface area contributed by atoms with Crippen LogP contribution in [-0.4, -0.2) is 53.8 Å². The fourth-order valence-corrected chi connectivity index (χ4v) is 8.86. The van der Waals surface area contributed by atoms with Gasteiger partial charge in [0.25, 0.3) is 0 Å². The minimum absolute atomic E-state index is 0.00264. The fraction of sp³-hybridized carbons (Fsp3) is 0.618. The number of carbonyl (C=O) groups excluding carboxylic acids is 5. The Labute approximate surface area is 252 Å². The van der Waals surface area contributed by atoms with Gasteiger partial charge in [0.1, 0.15) is 5.60 Å². The van der Waals surface area contributed by atoms with Gasteiger partial charge in [-0.2, -0.15) is 0 Å². The van der Waals surface area contributed by atoms with Crippen LogP contribution in [0.2, 0.25) is 0 Å². The Kier molecular flexibility index (Phi) is 8.67. The molecule has 0 aliphatic heterocycles. The number of fused-ring (bicyclic) bond motifs is 5. The van der Waals surface area contributed by atoms with Gasteiger partial charge in [0.2, 0.25) is 11.7 Å². The lowest BCUT2D eigenvalue weighted by Crippen LogP contribution is -2.58. The number of benzene rings is 1. The highest BCUT2D eigenvalue weighted by molar-refractivity contribution is 5.92. The van der Waals surface area contributed by atoms with Crippen molar-refractivity contribution < 1.29 is 38.6 Å². The second kappa shape index (κ2) is 12.0. The Morgan fingerprint density at radius 1 is 0.977 bits per heavy atom. The molecule has 9 nitrogen and oxygen atoms in total. The summed E-state index contributed by atoms with van der Waals surface area (Å²) in [6.07, 6.45) is 7.33. The maximum atomic E-state index is 13.5. The minimum atomic E-state index is -1.58. The van der Waals surface area contributed by atoms with Crippen molar-refractivity contribution in [3.05, 3.63) is 47.5 Å². The van der Waals surface area contributed by atoms with E-state index in [2.05, 4.69) is 12.2 Å². The van der Waals surface area contributed by atoms with Crippen molar-refractivity contribution in [2.75, 3.05) is 13.7 Å². The second-order valence-corrected chi connectivity index (χ2v) is 13.3. The summed E-state index contributed by atoms with van der Waals surface area (Å²) in [7, 11) is 1.23. The number of esters is 2. The van der Waals surface area contributed by atoms with Crippen LogP contribution in [0.1, 0.15) is 89.7 Å². The molecule has 0 spiro atoms. The zero-order valence-electron chi connectivity index (χ0n) is 25.4. The van der Waals surface area contributed by atoms with E-state index in [4.69, 9.17) is 9.47 Å². The maximum Gasteiger partial charge on any atom is 0.333 e. The first-order chi connectivity index (χ1) is 20.4. The summed E-state index contributed by atoms with van der Waals surface area (Å²) < 4.78 is 10.1. The van der Waals surface area contributed by atoms with Crippen LogP contribution in [0, 0.1) is 28.6 Å². The third-order valence-electron chi connectivity index (χ3n) is 11.4. The van der Waals surface area contributed by atoms with E-state index < -0.39 is 47.3 Å². The van der Waals surface area contributed by atoms with E-state index in [-0.39, 0.29) is 30.0 Å². The van der Waals surface area contributed by atoms with E-state index in [1.54, 1.807) is 30.3 Å². The molecule has 0 saturated heterocycles. The normalized spacial score (nSPS) is 33.6. The molecule has 4 aliphatic carbocycles. The van der Waals surface area contributed by atoms with E-state index in [0.717, 1.165) is 32.1 Å². The molecule has 0 unspecified atom stereocenters. The Morgan fingerprint density at radius 2 is 1.70 bits per heavy atom. The molecule has 1 aromatic carbocycles. The summed E-state index contributed by atoms with van der Waals surface area (Å²) in [6.45, 7) is 3.77. The molecular formula is C34H43NO8. The van der Waals surface area contributed by atoms with Crippen LogP contribution in [0.25, 0.3) is 0 Å². The first kappa shape index (κ1) is 31.1. The molecule has 232 valence electrons. The standard InChI is InChI=1S/C34H43NO8/c1-32-16-13-23(36)19-22(32)9-10-24-25(32)14-17-33(2)26(24)15-18-34(33,41)27(37)20-43-29(39)12-11-28(38)35-30(31(40)42-3)21-7-5-4-6-8-21/h4-8,19,24-26,30,41H,9-18,20H2,1-3H3,(H,35,38)/t24-,25+,26-,30-,32+,33+,34+/m1/s1. The van der Waals surface area contributed by atoms with Gasteiger partial charge in [0, 0.05) is 18.3 Å². The number of rotatable bonds is 9. The number of carbonyl (C=O) groups is 5. The third kappa shape index (κ3) is 5.56. The number of allylic oxidation sites excluding steroid dienone is 1. The van der Waals surface area contributed by atoms with E-state index in [1.165, 1.54) is 12.7 Å². The molecule has 0 aromatic heterocycles. The van der Waals surface area contributed by atoms with Crippen molar-refractivity contribution in [3.8, 4) is 0 Å². The molecule has 43 heavy (non-hydrogen) atoms. The predicted molar refractivity (Wildman–Crippen MR) is 156 cm³/mol. The average molecular weight is 594 g/mol. The monoisotopic (exact) mass is 593 g/mol. The van der Waals surface area contributed by atoms with Crippen LogP contribution in [0.5, 0.6) is 0 Å². The van der Waals surface area contributed by atoms with Crippen LogP contribution in [0.15, 0.2) is 42.0 Å². The van der Waals surface area contributed by atoms with Crippen LogP contribution < -0.4 is 5.32 Å². The highest BCUT2D eigenvalue weighted by atomic mass is 16.5. The lowest BCUT2D eigenvalue weighted by molar-refractivity contribution is -0.170. The van der Waals surface area contributed by atoms with Gasteiger partial charge in [-0.3, -0.25) is 19.2 Å². The van der Waals surface area contributed by atoms with Gasteiger partial charge in [-0.1, -0.05) is 49.8 Å². The van der Waals surface area contributed by atoms with E-state index >= 15 is 0 Å². The summed E-state index contributed by atoms with van der Waals surface area (Å²) in [6, 6.07) is 7.63.